The van der Waals surface area contributed by atoms with Crippen LogP contribution in [0, 0.1) is 0 Å². The molecule has 1 aromatic carbocycles. The summed E-state index contributed by atoms with van der Waals surface area (Å²) in [5.41, 5.74) is 1.58. The number of nitrogens with zero attached hydrogens (tertiary/aromatic N) is 2. The molecule has 0 aliphatic carbocycles. The summed E-state index contributed by atoms with van der Waals surface area (Å²) < 4.78 is 6.50. The van der Waals surface area contributed by atoms with Crippen LogP contribution in [0.25, 0.3) is 0 Å². The van der Waals surface area contributed by atoms with E-state index in [1.165, 1.54) is 13.3 Å². The lowest BCUT2D eigenvalue weighted by molar-refractivity contribution is 0.0610. The Morgan fingerprint density at radius 3 is 2.90 bits per heavy atom. The van der Waals surface area contributed by atoms with Gasteiger partial charge >= 0.3 is 0 Å². The van der Waals surface area contributed by atoms with Crippen molar-refractivity contribution in [1.82, 2.24) is 15.1 Å². The highest BCUT2D eigenvalue weighted by Crippen LogP contribution is 2.04. The van der Waals surface area contributed by atoms with Crippen LogP contribution in [0.15, 0.2) is 42.7 Å². The molecule has 0 radical (unpaired) electrons. The van der Waals surface area contributed by atoms with E-state index >= 15 is 0 Å². The predicted octanol–water partition coefficient (Wildman–Crippen LogP) is 0.668. The van der Waals surface area contributed by atoms with E-state index in [2.05, 4.69) is 10.4 Å². The molecule has 21 heavy (non-hydrogen) atoms. The maximum Gasteiger partial charge on any atom is 0.254 e. The van der Waals surface area contributed by atoms with Gasteiger partial charge in [0.2, 0.25) is 0 Å². The number of carbonyl (C=O) groups is 1. The molecule has 6 heteroatoms. The van der Waals surface area contributed by atoms with Crippen LogP contribution in [0.5, 0.6) is 0 Å². The van der Waals surface area contributed by atoms with Crippen LogP contribution in [-0.4, -0.2) is 47.2 Å². The summed E-state index contributed by atoms with van der Waals surface area (Å²) in [5, 5.41) is 16.3. The Bertz CT molecular complexity index is 569. The fourth-order valence-electron chi connectivity index (χ4n) is 1.90. The zero-order valence-electron chi connectivity index (χ0n) is 11.9. The lowest BCUT2D eigenvalue weighted by Gasteiger charge is -2.09. The number of aliphatic hydroxyl groups is 1. The number of ether oxygens (including phenoxy) is 1. The van der Waals surface area contributed by atoms with E-state index in [1.807, 2.05) is 30.3 Å². The van der Waals surface area contributed by atoms with Gasteiger partial charge < -0.3 is 15.2 Å². The number of hydrogen-bond acceptors (Lipinski definition) is 4. The van der Waals surface area contributed by atoms with Gasteiger partial charge in [-0.15, -0.1) is 0 Å². The van der Waals surface area contributed by atoms with Crippen molar-refractivity contribution in [3.8, 4) is 0 Å². The number of carbonyl (C=O) groups excluding carboxylic acids is 1. The van der Waals surface area contributed by atoms with E-state index in [1.54, 1.807) is 10.9 Å². The fraction of sp³-hybridized carbons (Fsp3) is 0.333. The summed E-state index contributed by atoms with van der Waals surface area (Å²) in [7, 11) is 1.50. The molecule has 2 N–H and O–H groups in total. The Kier molecular flexibility index (Phi) is 5.48. The highest BCUT2D eigenvalue weighted by Gasteiger charge is 2.11. The van der Waals surface area contributed by atoms with Crippen molar-refractivity contribution in [2.75, 3.05) is 20.3 Å². The molecule has 1 amide bonds. The lowest BCUT2D eigenvalue weighted by atomic mass is 10.2. The quantitative estimate of drug-likeness (QED) is 0.785. The highest BCUT2D eigenvalue weighted by atomic mass is 16.5. The minimum Gasteiger partial charge on any atom is -0.389 e. The summed E-state index contributed by atoms with van der Waals surface area (Å²) in [6.07, 6.45) is 2.49. The van der Waals surface area contributed by atoms with E-state index in [0.29, 0.717) is 12.1 Å². The minimum absolute atomic E-state index is 0.149. The third-order valence-corrected chi connectivity index (χ3v) is 2.94. The van der Waals surface area contributed by atoms with E-state index in [9.17, 15) is 9.90 Å². The molecule has 0 bridgehead atoms. The average molecular weight is 289 g/mol. The molecule has 2 rings (SSSR count). The zero-order chi connectivity index (χ0) is 15.1. The molecule has 0 fully saturated rings. The first-order valence-electron chi connectivity index (χ1n) is 6.70. The lowest BCUT2D eigenvalue weighted by Crippen LogP contribution is -2.34. The highest BCUT2D eigenvalue weighted by molar-refractivity contribution is 5.93. The number of aliphatic hydroxyl groups excluding tert-OH is 1. The van der Waals surface area contributed by atoms with Crippen molar-refractivity contribution in [3.63, 3.8) is 0 Å². The van der Waals surface area contributed by atoms with Gasteiger partial charge in [0.25, 0.3) is 5.91 Å². The normalized spacial score (nSPS) is 12.1. The van der Waals surface area contributed by atoms with Crippen LogP contribution in [-0.2, 0) is 11.3 Å². The molecule has 1 unspecified atom stereocenters. The van der Waals surface area contributed by atoms with Crippen molar-refractivity contribution in [3.05, 3.63) is 53.9 Å². The predicted molar refractivity (Wildman–Crippen MR) is 78.0 cm³/mol. The molecule has 6 nitrogen and oxygen atoms in total. The molecule has 0 saturated heterocycles. The zero-order valence-corrected chi connectivity index (χ0v) is 11.9. The molecule has 0 saturated carbocycles. The molecule has 0 aliphatic heterocycles. The molecule has 2 aromatic rings. The van der Waals surface area contributed by atoms with Gasteiger partial charge in [0.1, 0.15) is 0 Å². The number of aromatic nitrogens is 2. The van der Waals surface area contributed by atoms with Crippen molar-refractivity contribution in [2.24, 2.45) is 0 Å². The summed E-state index contributed by atoms with van der Waals surface area (Å²) in [6.45, 7) is 0.949. The molecule has 0 spiro atoms. The Labute approximate surface area is 123 Å². The van der Waals surface area contributed by atoms with E-state index in [0.717, 1.165) is 5.56 Å². The van der Waals surface area contributed by atoms with Crippen molar-refractivity contribution >= 4 is 5.91 Å². The first-order valence-corrected chi connectivity index (χ1v) is 6.70. The SMILES string of the molecule is COCC(O)CNC(=O)c1cnn(Cc2ccccc2)c1. The summed E-state index contributed by atoms with van der Waals surface area (Å²) in [6, 6.07) is 9.88. The summed E-state index contributed by atoms with van der Waals surface area (Å²) >= 11 is 0. The second-order valence-electron chi connectivity index (χ2n) is 4.73. The molecule has 112 valence electrons. The van der Waals surface area contributed by atoms with Gasteiger partial charge in [-0.1, -0.05) is 30.3 Å². The number of rotatable bonds is 7. The molecular formula is C15H19N3O3. The second kappa shape index (κ2) is 7.56. The number of nitrogens with one attached hydrogen (secondary N) is 1. The van der Waals surface area contributed by atoms with Crippen molar-refractivity contribution in [2.45, 2.75) is 12.6 Å². The maximum absolute atomic E-state index is 11.9. The topological polar surface area (TPSA) is 76.4 Å². The molecule has 1 heterocycles. The first kappa shape index (κ1) is 15.2. The van der Waals surface area contributed by atoms with Crippen LogP contribution in [0.2, 0.25) is 0 Å². The first-order chi connectivity index (χ1) is 10.2. The third kappa shape index (κ3) is 4.70. The van der Waals surface area contributed by atoms with E-state index < -0.39 is 6.10 Å². The number of amides is 1. The van der Waals surface area contributed by atoms with Gasteiger partial charge in [0, 0.05) is 19.9 Å². The van der Waals surface area contributed by atoms with Crippen LogP contribution >= 0.6 is 0 Å². The molecular weight excluding hydrogens is 270 g/mol. The maximum atomic E-state index is 11.9. The monoisotopic (exact) mass is 289 g/mol. The van der Waals surface area contributed by atoms with Gasteiger partial charge in [-0.25, -0.2) is 0 Å². The Morgan fingerprint density at radius 2 is 2.19 bits per heavy atom. The van der Waals surface area contributed by atoms with Gasteiger partial charge in [0.05, 0.1) is 31.0 Å². The largest absolute Gasteiger partial charge is 0.389 e. The number of hydrogen-bond donors (Lipinski definition) is 2. The van der Waals surface area contributed by atoms with Gasteiger partial charge in [-0.3, -0.25) is 9.48 Å². The fourth-order valence-corrected chi connectivity index (χ4v) is 1.90. The van der Waals surface area contributed by atoms with E-state index in [4.69, 9.17) is 4.74 Å². The second-order valence-corrected chi connectivity index (χ2v) is 4.73. The summed E-state index contributed by atoms with van der Waals surface area (Å²) in [4.78, 5) is 11.9. The number of benzene rings is 1. The van der Waals surface area contributed by atoms with Crippen LogP contribution in [0.1, 0.15) is 15.9 Å². The third-order valence-electron chi connectivity index (χ3n) is 2.94. The Hall–Kier alpha value is -2.18. The standard InChI is InChI=1S/C15H19N3O3/c1-21-11-14(19)8-16-15(20)13-7-17-18(10-13)9-12-5-3-2-4-6-12/h2-7,10,14,19H,8-9,11H2,1H3,(H,16,20). The number of methoxy groups -OCH3 is 1. The molecule has 1 atom stereocenters. The smallest absolute Gasteiger partial charge is 0.254 e. The molecule has 0 aliphatic rings. The van der Waals surface area contributed by atoms with Gasteiger partial charge in [-0.2, -0.15) is 5.10 Å². The van der Waals surface area contributed by atoms with Crippen LogP contribution in [0.4, 0.5) is 0 Å². The molecule has 1 aromatic heterocycles. The minimum atomic E-state index is -0.710. The van der Waals surface area contributed by atoms with E-state index in [-0.39, 0.29) is 19.1 Å². The van der Waals surface area contributed by atoms with Crippen molar-refractivity contribution in [1.29, 1.82) is 0 Å². The summed E-state index contributed by atoms with van der Waals surface area (Å²) in [5.74, 6) is -0.260. The average Bonchev–Trinajstić information content (AvgIpc) is 2.95. The van der Waals surface area contributed by atoms with Gasteiger partial charge in [-0.05, 0) is 5.56 Å². The Balaban J connectivity index is 1.89. The Morgan fingerprint density at radius 1 is 1.43 bits per heavy atom. The van der Waals surface area contributed by atoms with Crippen molar-refractivity contribution < 1.29 is 14.6 Å². The van der Waals surface area contributed by atoms with Gasteiger partial charge in [0.15, 0.2) is 0 Å². The van der Waals surface area contributed by atoms with Crippen LogP contribution in [0.3, 0.4) is 0 Å². The van der Waals surface area contributed by atoms with Crippen LogP contribution < -0.4 is 5.32 Å².